The van der Waals surface area contributed by atoms with Crippen molar-refractivity contribution in [1.29, 1.82) is 0 Å². The van der Waals surface area contributed by atoms with Crippen molar-refractivity contribution >= 4 is 12.0 Å². The summed E-state index contributed by atoms with van der Waals surface area (Å²) in [6, 6.07) is 9.97. The molecule has 2 aliphatic heterocycles. The highest BCUT2D eigenvalue weighted by Crippen LogP contribution is 2.22. The van der Waals surface area contributed by atoms with Crippen LogP contribution in [0.15, 0.2) is 30.3 Å². The van der Waals surface area contributed by atoms with E-state index in [0.29, 0.717) is 32.0 Å². The maximum atomic E-state index is 12.7. The SMILES string of the molecule is CN(C(=O)C1CCN(C(=O)OCc2ccccc2)CC1)C1CCCNC1. The normalized spacial score (nSPS) is 21.3. The summed E-state index contributed by atoms with van der Waals surface area (Å²) >= 11 is 0. The van der Waals surface area contributed by atoms with Crippen molar-refractivity contribution in [2.75, 3.05) is 33.2 Å². The van der Waals surface area contributed by atoms with Gasteiger partial charge >= 0.3 is 6.09 Å². The predicted molar refractivity (Wildman–Crippen MR) is 99.6 cm³/mol. The summed E-state index contributed by atoms with van der Waals surface area (Å²) in [5.74, 6) is 0.233. The van der Waals surface area contributed by atoms with Gasteiger partial charge in [0.25, 0.3) is 0 Å². The van der Waals surface area contributed by atoms with Crippen LogP contribution in [0.3, 0.4) is 0 Å². The zero-order chi connectivity index (χ0) is 18.4. The highest BCUT2D eigenvalue weighted by Gasteiger charge is 2.32. The number of likely N-dealkylation sites (tertiary alicyclic amines) is 1. The Balaban J connectivity index is 1.43. The zero-order valence-electron chi connectivity index (χ0n) is 15.5. The molecule has 1 N–H and O–H groups in total. The molecule has 26 heavy (non-hydrogen) atoms. The van der Waals surface area contributed by atoms with Crippen LogP contribution in [0.5, 0.6) is 0 Å². The third-order valence-electron chi connectivity index (χ3n) is 5.47. The van der Waals surface area contributed by atoms with Crippen LogP contribution in [-0.2, 0) is 16.1 Å². The number of rotatable bonds is 4. The standard InChI is InChI=1S/C20H29N3O3/c1-22(18-8-5-11-21-14-18)19(24)17-9-12-23(13-10-17)20(25)26-15-16-6-3-2-4-7-16/h2-4,6-7,17-18,21H,5,8-15H2,1H3. The summed E-state index contributed by atoms with van der Waals surface area (Å²) in [6.07, 6.45) is 3.33. The second-order valence-corrected chi connectivity index (χ2v) is 7.25. The van der Waals surface area contributed by atoms with Crippen LogP contribution in [0.25, 0.3) is 0 Å². The minimum atomic E-state index is -0.287. The summed E-state index contributed by atoms with van der Waals surface area (Å²) in [6.45, 7) is 3.38. The molecule has 0 spiro atoms. The maximum absolute atomic E-state index is 12.7. The van der Waals surface area contributed by atoms with Crippen molar-refractivity contribution in [2.45, 2.75) is 38.3 Å². The summed E-state index contributed by atoms with van der Waals surface area (Å²) in [4.78, 5) is 28.6. The van der Waals surface area contributed by atoms with Gasteiger partial charge in [-0.15, -0.1) is 0 Å². The summed E-state index contributed by atoms with van der Waals surface area (Å²) in [5, 5.41) is 3.36. The van der Waals surface area contributed by atoms with Gasteiger partial charge in [0.1, 0.15) is 6.61 Å². The van der Waals surface area contributed by atoms with E-state index >= 15 is 0 Å². The zero-order valence-corrected chi connectivity index (χ0v) is 15.5. The van der Waals surface area contributed by atoms with Gasteiger partial charge in [0.2, 0.25) is 5.91 Å². The molecule has 1 atom stereocenters. The first-order valence-electron chi connectivity index (χ1n) is 9.58. The van der Waals surface area contributed by atoms with Crippen molar-refractivity contribution in [3.05, 3.63) is 35.9 Å². The number of benzene rings is 1. The molecule has 2 saturated heterocycles. The second kappa shape index (κ2) is 9.03. The molecular weight excluding hydrogens is 330 g/mol. The van der Waals surface area contributed by atoms with Crippen molar-refractivity contribution in [3.63, 3.8) is 0 Å². The fourth-order valence-corrected chi connectivity index (χ4v) is 3.75. The minimum Gasteiger partial charge on any atom is -0.445 e. The molecule has 6 heteroatoms. The number of nitrogens with one attached hydrogen (secondary N) is 1. The van der Waals surface area contributed by atoms with E-state index in [1.807, 2.05) is 42.3 Å². The number of ether oxygens (including phenoxy) is 1. The average Bonchev–Trinajstić information content (AvgIpc) is 2.72. The quantitative estimate of drug-likeness (QED) is 0.896. The van der Waals surface area contributed by atoms with Gasteiger partial charge in [-0.25, -0.2) is 4.79 Å². The third kappa shape index (κ3) is 4.75. The van der Waals surface area contributed by atoms with Gasteiger partial charge in [0.15, 0.2) is 0 Å². The number of nitrogens with zero attached hydrogens (tertiary/aromatic N) is 2. The van der Waals surface area contributed by atoms with Gasteiger partial charge in [-0.3, -0.25) is 4.79 Å². The molecule has 1 aromatic rings. The Kier molecular flexibility index (Phi) is 6.50. The monoisotopic (exact) mass is 359 g/mol. The average molecular weight is 359 g/mol. The van der Waals surface area contributed by atoms with Gasteiger partial charge in [-0.2, -0.15) is 0 Å². The molecule has 142 valence electrons. The van der Waals surface area contributed by atoms with E-state index in [-0.39, 0.29) is 24.5 Å². The number of hydrogen-bond acceptors (Lipinski definition) is 4. The molecule has 2 fully saturated rings. The molecule has 0 saturated carbocycles. The second-order valence-electron chi connectivity index (χ2n) is 7.25. The van der Waals surface area contributed by atoms with Gasteiger partial charge in [-0.1, -0.05) is 30.3 Å². The maximum Gasteiger partial charge on any atom is 0.410 e. The van der Waals surface area contributed by atoms with E-state index < -0.39 is 0 Å². The highest BCUT2D eigenvalue weighted by atomic mass is 16.6. The molecule has 2 heterocycles. The van der Waals surface area contributed by atoms with E-state index in [1.54, 1.807) is 4.90 Å². The van der Waals surface area contributed by atoms with E-state index in [0.717, 1.165) is 31.5 Å². The topological polar surface area (TPSA) is 61.9 Å². The molecule has 0 bridgehead atoms. The van der Waals surface area contributed by atoms with Crippen LogP contribution >= 0.6 is 0 Å². The first-order chi connectivity index (χ1) is 12.6. The fraction of sp³-hybridized carbons (Fsp3) is 0.600. The largest absolute Gasteiger partial charge is 0.445 e. The van der Waals surface area contributed by atoms with E-state index in [4.69, 9.17) is 4.74 Å². The van der Waals surface area contributed by atoms with E-state index in [9.17, 15) is 9.59 Å². The van der Waals surface area contributed by atoms with Crippen LogP contribution in [0, 0.1) is 5.92 Å². The molecule has 1 unspecified atom stereocenters. The molecule has 6 nitrogen and oxygen atoms in total. The Morgan fingerprint density at radius 3 is 2.58 bits per heavy atom. The molecule has 2 amide bonds. The van der Waals surface area contributed by atoms with Gasteiger partial charge in [0.05, 0.1) is 0 Å². The van der Waals surface area contributed by atoms with Gasteiger partial charge in [-0.05, 0) is 37.8 Å². The van der Waals surface area contributed by atoms with Crippen molar-refractivity contribution in [2.24, 2.45) is 5.92 Å². The predicted octanol–water partition coefficient (Wildman–Crippen LogP) is 2.25. The fourth-order valence-electron chi connectivity index (χ4n) is 3.75. The molecular formula is C20H29N3O3. The number of amides is 2. The third-order valence-corrected chi connectivity index (χ3v) is 5.47. The molecule has 2 aliphatic rings. The molecule has 0 radical (unpaired) electrons. The minimum absolute atomic E-state index is 0.0140. The summed E-state index contributed by atoms with van der Waals surface area (Å²) in [5.41, 5.74) is 0.980. The summed E-state index contributed by atoms with van der Waals surface area (Å²) in [7, 11) is 1.92. The lowest BCUT2D eigenvalue weighted by Crippen LogP contribution is -2.50. The lowest BCUT2D eigenvalue weighted by atomic mass is 9.94. The lowest BCUT2D eigenvalue weighted by molar-refractivity contribution is -0.138. The van der Waals surface area contributed by atoms with Crippen molar-refractivity contribution in [3.8, 4) is 0 Å². The Morgan fingerprint density at radius 1 is 1.19 bits per heavy atom. The molecule has 3 rings (SSSR count). The van der Waals surface area contributed by atoms with E-state index in [1.165, 1.54) is 0 Å². The Hall–Kier alpha value is -2.08. The number of likely N-dealkylation sites (N-methyl/N-ethyl adjacent to an activating group) is 1. The van der Waals surface area contributed by atoms with Gasteiger partial charge < -0.3 is 19.9 Å². The Bertz CT molecular complexity index is 594. The molecule has 0 aliphatic carbocycles. The number of piperidine rings is 2. The first kappa shape index (κ1) is 18.7. The van der Waals surface area contributed by atoms with Crippen molar-refractivity contribution in [1.82, 2.24) is 15.1 Å². The Morgan fingerprint density at radius 2 is 1.92 bits per heavy atom. The number of carbonyl (C=O) groups excluding carboxylic acids is 2. The Labute approximate surface area is 155 Å². The van der Waals surface area contributed by atoms with Crippen LogP contribution < -0.4 is 5.32 Å². The first-order valence-corrected chi connectivity index (χ1v) is 9.58. The molecule has 0 aromatic heterocycles. The summed E-state index contributed by atoms with van der Waals surface area (Å²) < 4.78 is 5.39. The van der Waals surface area contributed by atoms with Crippen molar-refractivity contribution < 1.29 is 14.3 Å². The number of hydrogen-bond donors (Lipinski definition) is 1. The number of carbonyl (C=O) groups is 2. The van der Waals surface area contributed by atoms with Crippen LogP contribution in [0.4, 0.5) is 4.79 Å². The van der Waals surface area contributed by atoms with Gasteiger partial charge in [0, 0.05) is 38.6 Å². The van der Waals surface area contributed by atoms with Crippen LogP contribution in [-0.4, -0.2) is 61.1 Å². The molecule has 1 aromatic carbocycles. The highest BCUT2D eigenvalue weighted by molar-refractivity contribution is 5.79. The van der Waals surface area contributed by atoms with Crippen LogP contribution in [0.2, 0.25) is 0 Å². The lowest BCUT2D eigenvalue weighted by Gasteiger charge is -2.37. The van der Waals surface area contributed by atoms with Crippen LogP contribution in [0.1, 0.15) is 31.2 Å². The smallest absolute Gasteiger partial charge is 0.410 e. The van der Waals surface area contributed by atoms with E-state index in [2.05, 4.69) is 5.32 Å².